The largest absolute Gasteiger partial charge is 0.211 e. The van der Waals surface area contributed by atoms with Gasteiger partial charge in [-0.25, -0.2) is 4.39 Å². The number of fused-ring (bicyclic) bond motifs is 1. The van der Waals surface area contributed by atoms with E-state index in [0.29, 0.717) is 6.42 Å². The van der Waals surface area contributed by atoms with Crippen LogP contribution in [0.4, 0.5) is 4.39 Å². The van der Waals surface area contributed by atoms with Crippen molar-refractivity contribution in [2.45, 2.75) is 13.3 Å². The smallest absolute Gasteiger partial charge is 0.108 e. The van der Waals surface area contributed by atoms with Crippen molar-refractivity contribution in [3.8, 4) is 0 Å². The molecule has 56 valence electrons. The van der Waals surface area contributed by atoms with Crippen molar-refractivity contribution in [2.24, 2.45) is 0 Å². The van der Waals surface area contributed by atoms with Crippen LogP contribution in [0.3, 0.4) is 0 Å². The van der Waals surface area contributed by atoms with E-state index >= 15 is 0 Å². The van der Waals surface area contributed by atoms with Crippen LogP contribution in [0.2, 0.25) is 0 Å². The second kappa shape index (κ2) is 2.19. The van der Waals surface area contributed by atoms with Crippen LogP contribution in [0.5, 0.6) is 0 Å². The lowest BCUT2D eigenvalue weighted by molar-refractivity contribution is 0.623. The molecular formula is C10H9F. The first-order valence-electron chi connectivity index (χ1n) is 3.72. The summed E-state index contributed by atoms with van der Waals surface area (Å²) in [7, 11) is 0. The van der Waals surface area contributed by atoms with Gasteiger partial charge in [0.05, 0.1) is 0 Å². The Hall–Kier alpha value is -1.11. The Kier molecular flexibility index (Phi) is 1.31. The van der Waals surface area contributed by atoms with E-state index in [2.05, 4.69) is 0 Å². The van der Waals surface area contributed by atoms with E-state index in [4.69, 9.17) is 0 Å². The molecule has 1 aliphatic rings. The van der Waals surface area contributed by atoms with Crippen molar-refractivity contribution in [3.05, 3.63) is 41.2 Å². The average Bonchev–Trinajstić information content (AvgIpc) is 2.30. The summed E-state index contributed by atoms with van der Waals surface area (Å²) < 4.78 is 13.0. The van der Waals surface area contributed by atoms with Gasteiger partial charge in [-0.05, 0) is 23.6 Å². The van der Waals surface area contributed by atoms with Gasteiger partial charge in [-0.1, -0.05) is 24.3 Å². The standard InChI is InChI=1S/C10H9F/c1-7-9-5-3-2-4-8(9)6-10(7)11/h2-5H,6H2,1H3. The fraction of sp³-hybridized carbons (Fsp3) is 0.200. The molecule has 0 atom stereocenters. The summed E-state index contributed by atoms with van der Waals surface area (Å²) in [6.07, 6.45) is 0.488. The van der Waals surface area contributed by atoms with Gasteiger partial charge in [0.25, 0.3) is 0 Å². The molecule has 11 heavy (non-hydrogen) atoms. The predicted octanol–water partition coefficient (Wildman–Crippen LogP) is 2.94. The fourth-order valence-corrected chi connectivity index (χ4v) is 1.49. The molecule has 1 aromatic rings. The van der Waals surface area contributed by atoms with Crippen molar-refractivity contribution in [2.75, 3.05) is 0 Å². The van der Waals surface area contributed by atoms with Crippen molar-refractivity contribution in [1.29, 1.82) is 0 Å². The number of hydrogen-bond donors (Lipinski definition) is 0. The highest BCUT2D eigenvalue weighted by atomic mass is 19.1. The first kappa shape index (κ1) is 6.59. The summed E-state index contributed by atoms with van der Waals surface area (Å²) in [5, 5.41) is 0. The summed E-state index contributed by atoms with van der Waals surface area (Å²) in [5.41, 5.74) is 2.99. The van der Waals surface area contributed by atoms with Crippen LogP contribution in [0.1, 0.15) is 18.1 Å². The minimum Gasteiger partial charge on any atom is -0.211 e. The van der Waals surface area contributed by atoms with Gasteiger partial charge >= 0.3 is 0 Å². The molecule has 1 heteroatoms. The van der Waals surface area contributed by atoms with Crippen LogP contribution in [-0.4, -0.2) is 0 Å². The van der Waals surface area contributed by atoms with Gasteiger partial charge in [0.2, 0.25) is 0 Å². The SMILES string of the molecule is CC1=C(F)Cc2ccccc21. The molecule has 0 N–H and O–H groups in total. The Labute approximate surface area is 65.4 Å². The van der Waals surface area contributed by atoms with Gasteiger partial charge in [-0.2, -0.15) is 0 Å². The van der Waals surface area contributed by atoms with Gasteiger partial charge in [-0.15, -0.1) is 0 Å². The van der Waals surface area contributed by atoms with E-state index in [-0.39, 0.29) is 5.83 Å². The first-order valence-corrected chi connectivity index (χ1v) is 3.72. The highest BCUT2D eigenvalue weighted by Crippen LogP contribution is 2.32. The second-order valence-electron chi connectivity index (χ2n) is 2.86. The number of allylic oxidation sites excluding steroid dienone is 2. The van der Waals surface area contributed by atoms with Crippen molar-refractivity contribution < 1.29 is 4.39 Å². The van der Waals surface area contributed by atoms with E-state index in [1.165, 1.54) is 0 Å². The van der Waals surface area contributed by atoms with E-state index in [9.17, 15) is 4.39 Å². The van der Waals surface area contributed by atoms with Gasteiger partial charge in [-0.3, -0.25) is 0 Å². The van der Waals surface area contributed by atoms with Gasteiger partial charge in [0, 0.05) is 6.42 Å². The fourth-order valence-electron chi connectivity index (χ4n) is 1.49. The lowest BCUT2D eigenvalue weighted by atomic mass is 10.1. The zero-order valence-electron chi connectivity index (χ0n) is 6.39. The molecular weight excluding hydrogens is 139 g/mol. The van der Waals surface area contributed by atoms with Crippen molar-refractivity contribution in [3.63, 3.8) is 0 Å². The molecule has 0 nitrogen and oxygen atoms in total. The monoisotopic (exact) mass is 148 g/mol. The Morgan fingerprint density at radius 3 is 2.73 bits per heavy atom. The molecule has 0 bridgehead atoms. The number of benzene rings is 1. The number of hydrogen-bond acceptors (Lipinski definition) is 0. The predicted molar refractivity (Wildman–Crippen MR) is 43.8 cm³/mol. The van der Waals surface area contributed by atoms with Crippen LogP contribution >= 0.6 is 0 Å². The van der Waals surface area contributed by atoms with Crippen molar-refractivity contribution >= 4 is 5.57 Å². The molecule has 0 unspecified atom stereocenters. The molecule has 0 spiro atoms. The average molecular weight is 148 g/mol. The third-order valence-electron chi connectivity index (χ3n) is 2.17. The van der Waals surface area contributed by atoms with E-state index in [1.54, 1.807) is 0 Å². The lowest BCUT2D eigenvalue weighted by Crippen LogP contribution is -1.79. The molecule has 1 aromatic carbocycles. The van der Waals surface area contributed by atoms with Crippen LogP contribution < -0.4 is 0 Å². The number of halogens is 1. The molecule has 0 saturated heterocycles. The Morgan fingerprint density at radius 2 is 2.00 bits per heavy atom. The summed E-state index contributed by atoms with van der Waals surface area (Å²) in [5.74, 6) is 0.0196. The van der Waals surface area contributed by atoms with Crippen LogP contribution in [0.25, 0.3) is 5.57 Å². The van der Waals surface area contributed by atoms with E-state index < -0.39 is 0 Å². The molecule has 0 aromatic heterocycles. The molecule has 0 fully saturated rings. The maximum absolute atomic E-state index is 13.0. The Morgan fingerprint density at radius 1 is 1.27 bits per heavy atom. The van der Waals surface area contributed by atoms with Gasteiger partial charge < -0.3 is 0 Å². The van der Waals surface area contributed by atoms with E-state index in [0.717, 1.165) is 16.7 Å². The minimum atomic E-state index is 0.0196. The van der Waals surface area contributed by atoms with Gasteiger partial charge in [0.1, 0.15) is 5.83 Å². The first-order chi connectivity index (χ1) is 5.29. The summed E-state index contributed by atoms with van der Waals surface area (Å²) >= 11 is 0. The molecule has 0 amide bonds. The highest BCUT2D eigenvalue weighted by molar-refractivity contribution is 5.73. The van der Waals surface area contributed by atoms with Crippen molar-refractivity contribution in [1.82, 2.24) is 0 Å². The maximum Gasteiger partial charge on any atom is 0.108 e. The molecule has 1 aliphatic carbocycles. The number of rotatable bonds is 0. The zero-order chi connectivity index (χ0) is 7.84. The van der Waals surface area contributed by atoms with Crippen LogP contribution in [0.15, 0.2) is 30.1 Å². The second-order valence-corrected chi connectivity index (χ2v) is 2.86. The molecule has 2 rings (SSSR count). The zero-order valence-corrected chi connectivity index (χ0v) is 6.39. The Balaban J connectivity index is 2.60. The third kappa shape index (κ3) is 0.881. The maximum atomic E-state index is 13.0. The summed E-state index contributed by atoms with van der Waals surface area (Å²) in [6.45, 7) is 1.83. The summed E-state index contributed by atoms with van der Waals surface area (Å²) in [4.78, 5) is 0. The Bertz CT molecular complexity index is 323. The van der Waals surface area contributed by atoms with Crippen LogP contribution in [0, 0.1) is 0 Å². The lowest BCUT2D eigenvalue weighted by Gasteiger charge is -1.96. The quantitative estimate of drug-likeness (QED) is 0.530. The van der Waals surface area contributed by atoms with E-state index in [1.807, 2.05) is 31.2 Å². The highest BCUT2D eigenvalue weighted by Gasteiger charge is 2.16. The molecule has 0 saturated carbocycles. The van der Waals surface area contributed by atoms with Gasteiger partial charge in [0.15, 0.2) is 0 Å². The summed E-state index contributed by atoms with van der Waals surface area (Å²) in [6, 6.07) is 7.84. The topological polar surface area (TPSA) is 0 Å². The third-order valence-corrected chi connectivity index (χ3v) is 2.17. The van der Waals surface area contributed by atoms with Crippen LogP contribution in [-0.2, 0) is 6.42 Å². The molecule has 0 radical (unpaired) electrons. The molecule has 0 heterocycles. The minimum absolute atomic E-state index is 0.0196. The normalized spacial score (nSPS) is 15.5. The molecule has 0 aliphatic heterocycles.